The molecule has 196 valence electrons. The van der Waals surface area contributed by atoms with Gasteiger partial charge in [0.2, 0.25) is 11.8 Å². The molecule has 0 radical (unpaired) electrons. The molecule has 3 rings (SSSR count). The molecule has 2 amide bonds. The third-order valence-corrected chi connectivity index (χ3v) is 7.94. The Morgan fingerprint density at radius 1 is 0.919 bits per heavy atom. The van der Waals surface area contributed by atoms with Gasteiger partial charge in [0, 0.05) is 39.8 Å². The molecule has 0 spiro atoms. The average Bonchev–Trinajstić information content (AvgIpc) is 2.88. The number of hydrogen-bond acceptors (Lipinski definition) is 3. The first-order valence-electron chi connectivity index (χ1n) is 12.1. The predicted molar refractivity (Wildman–Crippen MR) is 159 cm³/mol. The van der Waals surface area contributed by atoms with Crippen LogP contribution in [0.1, 0.15) is 30.5 Å². The van der Waals surface area contributed by atoms with Crippen molar-refractivity contribution in [1.82, 2.24) is 10.2 Å². The number of carbonyl (C=O) groups is 2. The number of nitrogens with zero attached hydrogens (tertiary/aromatic N) is 1. The van der Waals surface area contributed by atoms with Crippen molar-refractivity contribution in [3.8, 4) is 0 Å². The van der Waals surface area contributed by atoms with Crippen LogP contribution in [0.4, 0.5) is 0 Å². The highest BCUT2D eigenvalue weighted by atomic mass is 79.9. The van der Waals surface area contributed by atoms with Crippen molar-refractivity contribution in [3.63, 3.8) is 0 Å². The minimum atomic E-state index is -0.651. The Balaban J connectivity index is 1.85. The number of nitrogens with one attached hydrogen (secondary N) is 1. The number of halogens is 3. The second kappa shape index (κ2) is 14.8. The van der Waals surface area contributed by atoms with Crippen LogP contribution in [0, 0.1) is 5.92 Å². The van der Waals surface area contributed by atoms with Gasteiger partial charge in [-0.2, -0.15) is 0 Å². The van der Waals surface area contributed by atoms with Gasteiger partial charge in [-0.25, -0.2) is 0 Å². The van der Waals surface area contributed by atoms with Gasteiger partial charge in [0.25, 0.3) is 0 Å². The van der Waals surface area contributed by atoms with Crippen LogP contribution in [0.5, 0.6) is 0 Å². The van der Waals surface area contributed by atoms with E-state index in [0.29, 0.717) is 41.2 Å². The first-order chi connectivity index (χ1) is 17.7. The molecule has 0 bridgehead atoms. The fraction of sp³-hybridized carbons (Fsp3) is 0.310. The molecule has 0 fully saturated rings. The van der Waals surface area contributed by atoms with Crippen LogP contribution in [0.15, 0.2) is 77.3 Å². The normalized spacial score (nSPS) is 11.8. The molecule has 0 aliphatic heterocycles. The Bertz CT molecular complexity index is 1160. The van der Waals surface area contributed by atoms with Crippen LogP contribution in [0.3, 0.4) is 0 Å². The first kappa shape index (κ1) is 29.6. The van der Waals surface area contributed by atoms with Crippen LogP contribution in [0.2, 0.25) is 10.0 Å². The Morgan fingerprint density at radius 3 is 2.19 bits per heavy atom. The van der Waals surface area contributed by atoms with Gasteiger partial charge >= 0.3 is 0 Å². The molecular formula is C29H31BrCl2N2O2S. The summed E-state index contributed by atoms with van der Waals surface area (Å²) in [5.74, 6) is 0.729. The van der Waals surface area contributed by atoms with E-state index in [4.69, 9.17) is 23.2 Å². The van der Waals surface area contributed by atoms with E-state index in [2.05, 4.69) is 21.2 Å². The molecule has 1 N–H and O–H groups in total. The van der Waals surface area contributed by atoms with E-state index in [-0.39, 0.29) is 17.6 Å². The maximum atomic E-state index is 13.7. The maximum Gasteiger partial charge on any atom is 0.243 e. The fourth-order valence-corrected chi connectivity index (χ4v) is 5.67. The van der Waals surface area contributed by atoms with E-state index in [1.54, 1.807) is 23.1 Å². The standard InChI is InChI=1S/C29H31BrCl2N2O2S/c1-20(2)16-33-29(36)27(15-21-7-4-3-5-8-21)34(17-22-11-13-23(30)14-12-22)28(35)19-37-18-24-25(31)9-6-10-26(24)32/h3-14,20,27H,15-19H2,1-2H3,(H,33,36). The zero-order chi connectivity index (χ0) is 26.8. The summed E-state index contributed by atoms with van der Waals surface area (Å²) in [5.41, 5.74) is 2.75. The van der Waals surface area contributed by atoms with E-state index in [1.165, 1.54) is 11.8 Å². The predicted octanol–water partition coefficient (Wildman–Crippen LogP) is 7.40. The van der Waals surface area contributed by atoms with Gasteiger partial charge in [0.05, 0.1) is 5.75 Å². The van der Waals surface area contributed by atoms with Crippen LogP contribution in [-0.2, 0) is 28.3 Å². The van der Waals surface area contributed by atoms with Gasteiger partial charge in [-0.05, 0) is 46.9 Å². The van der Waals surface area contributed by atoms with Gasteiger partial charge in [-0.1, -0.05) is 102 Å². The average molecular weight is 622 g/mol. The highest BCUT2D eigenvalue weighted by molar-refractivity contribution is 9.10. The SMILES string of the molecule is CC(C)CNC(=O)C(Cc1ccccc1)N(Cc1ccc(Br)cc1)C(=O)CSCc1c(Cl)cccc1Cl. The largest absolute Gasteiger partial charge is 0.354 e. The lowest BCUT2D eigenvalue weighted by Gasteiger charge is -2.32. The highest BCUT2D eigenvalue weighted by Gasteiger charge is 2.30. The Labute approximate surface area is 242 Å². The van der Waals surface area contributed by atoms with Gasteiger partial charge in [0.1, 0.15) is 6.04 Å². The lowest BCUT2D eigenvalue weighted by atomic mass is 10.0. The molecule has 3 aromatic rings. The summed E-state index contributed by atoms with van der Waals surface area (Å²) in [5, 5.41) is 4.20. The summed E-state index contributed by atoms with van der Waals surface area (Å²) >= 11 is 17.5. The van der Waals surface area contributed by atoms with Crippen LogP contribution < -0.4 is 5.32 Å². The molecule has 0 aliphatic rings. The molecule has 8 heteroatoms. The zero-order valence-electron chi connectivity index (χ0n) is 20.9. The van der Waals surface area contributed by atoms with Gasteiger partial charge < -0.3 is 10.2 Å². The van der Waals surface area contributed by atoms with E-state index < -0.39 is 6.04 Å². The van der Waals surface area contributed by atoms with Crippen molar-refractivity contribution >= 4 is 62.7 Å². The minimum absolute atomic E-state index is 0.114. The molecule has 1 unspecified atom stereocenters. The quantitative estimate of drug-likeness (QED) is 0.229. The summed E-state index contributed by atoms with van der Waals surface area (Å²) in [6, 6.07) is 22.4. The monoisotopic (exact) mass is 620 g/mol. The fourth-order valence-electron chi connectivity index (χ4n) is 3.76. The highest BCUT2D eigenvalue weighted by Crippen LogP contribution is 2.28. The lowest BCUT2D eigenvalue weighted by Crippen LogP contribution is -2.51. The summed E-state index contributed by atoms with van der Waals surface area (Å²) < 4.78 is 0.955. The summed E-state index contributed by atoms with van der Waals surface area (Å²) in [6.45, 7) is 4.97. The van der Waals surface area contributed by atoms with E-state index >= 15 is 0 Å². The van der Waals surface area contributed by atoms with Crippen molar-refractivity contribution in [2.24, 2.45) is 5.92 Å². The summed E-state index contributed by atoms with van der Waals surface area (Å²) in [7, 11) is 0. The second-order valence-corrected chi connectivity index (χ2v) is 11.9. The van der Waals surface area contributed by atoms with Gasteiger partial charge in [-0.15, -0.1) is 11.8 Å². The van der Waals surface area contributed by atoms with E-state index in [9.17, 15) is 9.59 Å². The topological polar surface area (TPSA) is 49.4 Å². The minimum Gasteiger partial charge on any atom is -0.354 e. The molecule has 0 heterocycles. The molecule has 0 aromatic heterocycles. The van der Waals surface area contributed by atoms with Crippen LogP contribution in [-0.4, -0.2) is 35.1 Å². The molecule has 4 nitrogen and oxygen atoms in total. The van der Waals surface area contributed by atoms with E-state index in [1.807, 2.05) is 68.4 Å². The number of hydrogen-bond donors (Lipinski definition) is 1. The third kappa shape index (κ3) is 9.36. The molecule has 0 saturated carbocycles. The lowest BCUT2D eigenvalue weighted by molar-refractivity contribution is -0.139. The van der Waals surface area contributed by atoms with Crippen molar-refractivity contribution < 1.29 is 9.59 Å². The number of carbonyl (C=O) groups excluding carboxylic acids is 2. The second-order valence-electron chi connectivity index (χ2n) is 9.19. The van der Waals surface area contributed by atoms with Gasteiger partial charge in [0.15, 0.2) is 0 Å². The van der Waals surface area contributed by atoms with Gasteiger partial charge in [-0.3, -0.25) is 9.59 Å². The van der Waals surface area contributed by atoms with Crippen molar-refractivity contribution in [1.29, 1.82) is 0 Å². The van der Waals surface area contributed by atoms with Crippen LogP contribution >= 0.6 is 50.9 Å². The number of benzene rings is 3. The number of rotatable bonds is 12. The molecular weight excluding hydrogens is 591 g/mol. The number of thioether (sulfide) groups is 1. The molecule has 0 saturated heterocycles. The van der Waals surface area contributed by atoms with Crippen molar-refractivity contribution in [2.45, 2.75) is 38.6 Å². The Kier molecular flexibility index (Phi) is 11.8. The maximum absolute atomic E-state index is 13.7. The molecule has 1 atom stereocenters. The smallest absolute Gasteiger partial charge is 0.243 e. The van der Waals surface area contributed by atoms with Crippen molar-refractivity contribution in [3.05, 3.63) is 104 Å². The molecule has 3 aromatic carbocycles. The van der Waals surface area contributed by atoms with Crippen molar-refractivity contribution in [2.75, 3.05) is 12.3 Å². The third-order valence-electron chi connectivity index (χ3n) is 5.76. The van der Waals surface area contributed by atoms with E-state index in [0.717, 1.165) is 21.2 Å². The Morgan fingerprint density at radius 2 is 1.57 bits per heavy atom. The zero-order valence-corrected chi connectivity index (χ0v) is 24.8. The Hall–Kier alpha value is -1.99. The first-order valence-corrected chi connectivity index (χ1v) is 14.8. The molecule has 37 heavy (non-hydrogen) atoms. The number of amides is 2. The summed E-state index contributed by atoms with van der Waals surface area (Å²) in [4.78, 5) is 28.9. The van der Waals surface area contributed by atoms with Crippen LogP contribution in [0.25, 0.3) is 0 Å². The summed E-state index contributed by atoms with van der Waals surface area (Å²) in [6.07, 6.45) is 0.425. The molecule has 0 aliphatic carbocycles.